The average molecular weight is 445 g/mol. The molecule has 1 aliphatic rings. The normalized spacial score (nSPS) is 12.9. The molecule has 154 valence electrons. The van der Waals surface area contributed by atoms with E-state index in [0.717, 1.165) is 5.56 Å². The van der Waals surface area contributed by atoms with Crippen LogP contribution in [0.2, 0.25) is 10.0 Å². The molecular weight excluding hydrogens is 427 g/mol. The van der Waals surface area contributed by atoms with Gasteiger partial charge in [0.2, 0.25) is 0 Å². The zero-order valence-electron chi connectivity index (χ0n) is 15.8. The molecule has 0 atom stereocenters. The summed E-state index contributed by atoms with van der Waals surface area (Å²) < 4.78 is 7.13. The number of carbonyl (C=O) groups is 2. The molecule has 0 unspecified atom stereocenters. The van der Waals surface area contributed by atoms with Crippen molar-refractivity contribution in [2.45, 2.75) is 19.7 Å². The van der Waals surface area contributed by atoms with Crippen molar-refractivity contribution in [3.05, 3.63) is 81.6 Å². The third-order valence-electron chi connectivity index (χ3n) is 4.76. The second kappa shape index (κ2) is 8.77. The number of nitrogens with zero attached hydrogens (tertiary/aromatic N) is 3. The number of aromatic nitrogens is 2. The Morgan fingerprint density at radius 3 is 2.67 bits per heavy atom. The van der Waals surface area contributed by atoms with Gasteiger partial charge in [0.15, 0.2) is 0 Å². The van der Waals surface area contributed by atoms with Crippen LogP contribution in [0.1, 0.15) is 21.6 Å². The Kier molecular flexibility index (Phi) is 5.92. The van der Waals surface area contributed by atoms with Crippen LogP contribution >= 0.6 is 23.2 Å². The Bertz CT molecular complexity index is 1090. The van der Waals surface area contributed by atoms with Gasteiger partial charge in [0.1, 0.15) is 6.61 Å². The lowest BCUT2D eigenvalue weighted by Gasteiger charge is -2.27. The predicted molar refractivity (Wildman–Crippen MR) is 114 cm³/mol. The first kappa shape index (κ1) is 20.3. The van der Waals surface area contributed by atoms with Gasteiger partial charge in [-0.25, -0.2) is 4.79 Å². The summed E-state index contributed by atoms with van der Waals surface area (Å²) in [6.45, 7) is 1.35. The quantitative estimate of drug-likeness (QED) is 0.637. The summed E-state index contributed by atoms with van der Waals surface area (Å²) in [5.74, 6) is -0.361. The molecule has 0 bridgehead atoms. The van der Waals surface area contributed by atoms with Gasteiger partial charge in [-0.2, -0.15) is 5.10 Å². The Morgan fingerprint density at radius 1 is 1.10 bits per heavy atom. The smallest absolute Gasteiger partial charge is 0.410 e. The van der Waals surface area contributed by atoms with E-state index in [9.17, 15) is 9.59 Å². The molecule has 0 saturated carbocycles. The highest BCUT2D eigenvalue weighted by atomic mass is 35.5. The summed E-state index contributed by atoms with van der Waals surface area (Å²) in [4.78, 5) is 26.8. The standard InChI is InChI=1S/C21H18Cl2N4O3/c22-15-6-7-18(17(23)10-15)25-20(28)16-11-24-27-9-8-26(12-19(16)27)21(29)30-13-14-4-2-1-3-5-14/h1-7,10-11H,8-9,12-13H2,(H,25,28). The van der Waals surface area contributed by atoms with Gasteiger partial charge in [0.05, 0.1) is 41.3 Å². The monoisotopic (exact) mass is 444 g/mol. The summed E-state index contributed by atoms with van der Waals surface area (Å²) in [6, 6.07) is 14.3. The highest BCUT2D eigenvalue weighted by molar-refractivity contribution is 6.36. The maximum absolute atomic E-state index is 12.8. The van der Waals surface area contributed by atoms with Crippen molar-refractivity contribution in [3.63, 3.8) is 0 Å². The highest BCUT2D eigenvalue weighted by Gasteiger charge is 2.27. The SMILES string of the molecule is O=C(Nc1ccc(Cl)cc1Cl)c1cnn2c1CN(C(=O)OCc1ccccc1)CC2. The Hall–Kier alpha value is -3.03. The average Bonchev–Trinajstić information content (AvgIpc) is 3.18. The van der Waals surface area contributed by atoms with E-state index < -0.39 is 6.09 Å². The van der Waals surface area contributed by atoms with Crippen molar-refractivity contribution in [2.75, 3.05) is 11.9 Å². The Labute approximate surface area is 183 Å². The van der Waals surface area contributed by atoms with E-state index in [2.05, 4.69) is 10.4 Å². The van der Waals surface area contributed by atoms with Crippen molar-refractivity contribution in [1.29, 1.82) is 0 Å². The lowest BCUT2D eigenvalue weighted by molar-refractivity contribution is 0.0850. The molecular formula is C21H18Cl2N4O3. The summed E-state index contributed by atoms with van der Waals surface area (Å²) in [5.41, 5.74) is 2.37. The molecule has 4 rings (SSSR count). The van der Waals surface area contributed by atoms with E-state index in [1.807, 2.05) is 30.3 Å². The van der Waals surface area contributed by atoms with Crippen LogP contribution in [0.15, 0.2) is 54.7 Å². The number of hydrogen-bond acceptors (Lipinski definition) is 4. The van der Waals surface area contributed by atoms with Crippen LogP contribution in [0.4, 0.5) is 10.5 Å². The molecule has 3 aromatic rings. The first-order chi connectivity index (χ1) is 14.5. The van der Waals surface area contributed by atoms with Crippen molar-refractivity contribution in [3.8, 4) is 0 Å². The fraction of sp³-hybridized carbons (Fsp3) is 0.190. The van der Waals surface area contributed by atoms with Gasteiger partial charge in [-0.15, -0.1) is 0 Å². The molecule has 30 heavy (non-hydrogen) atoms. The van der Waals surface area contributed by atoms with Crippen molar-refractivity contribution < 1.29 is 14.3 Å². The van der Waals surface area contributed by atoms with Gasteiger partial charge in [0, 0.05) is 11.6 Å². The van der Waals surface area contributed by atoms with Gasteiger partial charge in [-0.05, 0) is 23.8 Å². The largest absolute Gasteiger partial charge is 0.445 e. The zero-order valence-corrected chi connectivity index (χ0v) is 17.4. The number of benzene rings is 2. The van der Waals surface area contributed by atoms with Crippen LogP contribution in [-0.4, -0.2) is 33.2 Å². The van der Waals surface area contributed by atoms with Crippen LogP contribution in [0.5, 0.6) is 0 Å². The van der Waals surface area contributed by atoms with E-state index in [1.165, 1.54) is 6.20 Å². The van der Waals surface area contributed by atoms with Gasteiger partial charge >= 0.3 is 6.09 Å². The van der Waals surface area contributed by atoms with E-state index >= 15 is 0 Å². The number of ether oxygens (including phenoxy) is 1. The molecule has 2 amide bonds. The van der Waals surface area contributed by atoms with Crippen molar-refractivity contribution in [1.82, 2.24) is 14.7 Å². The minimum Gasteiger partial charge on any atom is -0.445 e. The summed E-state index contributed by atoms with van der Waals surface area (Å²) in [7, 11) is 0. The Balaban J connectivity index is 1.44. The predicted octanol–water partition coefficient (Wildman–Crippen LogP) is 4.59. The van der Waals surface area contributed by atoms with Crippen LogP contribution in [0, 0.1) is 0 Å². The third kappa shape index (κ3) is 4.42. The van der Waals surface area contributed by atoms with Crippen molar-refractivity contribution in [2.24, 2.45) is 0 Å². The second-order valence-electron chi connectivity index (χ2n) is 6.77. The first-order valence-corrected chi connectivity index (χ1v) is 10.0. The summed E-state index contributed by atoms with van der Waals surface area (Å²) in [5, 5.41) is 7.84. The van der Waals surface area contributed by atoms with Gasteiger partial charge in [-0.1, -0.05) is 53.5 Å². The van der Waals surface area contributed by atoms with Crippen LogP contribution in [0.3, 0.4) is 0 Å². The molecule has 9 heteroatoms. The van der Waals surface area contributed by atoms with Gasteiger partial charge in [-0.3, -0.25) is 9.48 Å². The number of carbonyl (C=O) groups excluding carboxylic acids is 2. The molecule has 2 aromatic carbocycles. The lowest BCUT2D eigenvalue weighted by Crippen LogP contribution is -2.39. The van der Waals surface area contributed by atoms with Gasteiger partial charge < -0.3 is 15.0 Å². The van der Waals surface area contributed by atoms with Crippen LogP contribution < -0.4 is 5.32 Å². The van der Waals surface area contributed by atoms with E-state index in [4.69, 9.17) is 27.9 Å². The van der Waals surface area contributed by atoms with Crippen molar-refractivity contribution >= 4 is 40.9 Å². The van der Waals surface area contributed by atoms with Gasteiger partial charge in [0.25, 0.3) is 5.91 Å². The Morgan fingerprint density at radius 2 is 1.90 bits per heavy atom. The highest BCUT2D eigenvalue weighted by Crippen LogP contribution is 2.26. The number of amides is 2. The molecule has 1 aliphatic heterocycles. The van der Waals surface area contributed by atoms with E-state index in [-0.39, 0.29) is 19.1 Å². The third-order valence-corrected chi connectivity index (χ3v) is 5.31. The molecule has 0 spiro atoms. The molecule has 1 N–H and O–H groups in total. The minimum atomic E-state index is -0.432. The van der Waals surface area contributed by atoms with E-state index in [1.54, 1.807) is 27.8 Å². The fourth-order valence-corrected chi connectivity index (χ4v) is 3.64. The second-order valence-corrected chi connectivity index (χ2v) is 7.61. The maximum atomic E-state index is 12.8. The van der Waals surface area contributed by atoms with Crippen LogP contribution in [0.25, 0.3) is 0 Å². The molecule has 0 fully saturated rings. The molecule has 7 nitrogen and oxygen atoms in total. The maximum Gasteiger partial charge on any atom is 0.410 e. The zero-order chi connectivity index (χ0) is 21.1. The molecule has 0 radical (unpaired) electrons. The van der Waals surface area contributed by atoms with E-state index in [0.29, 0.717) is 40.1 Å². The molecule has 1 aromatic heterocycles. The molecule has 2 heterocycles. The number of fused-ring (bicyclic) bond motifs is 1. The van der Waals surface area contributed by atoms with Crippen LogP contribution in [-0.2, 0) is 24.4 Å². The summed E-state index contributed by atoms with van der Waals surface area (Å²) in [6.07, 6.45) is 1.06. The number of hydrogen-bond donors (Lipinski definition) is 1. The minimum absolute atomic E-state index is 0.192. The topological polar surface area (TPSA) is 76.5 Å². The number of anilines is 1. The lowest BCUT2D eigenvalue weighted by atomic mass is 10.2. The first-order valence-electron chi connectivity index (χ1n) is 9.28. The number of nitrogens with one attached hydrogen (secondary N) is 1. The summed E-state index contributed by atoms with van der Waals surface area (Å²) >= 11 is 12.0. The molecule has 0 saturated heterocycles. The fourth-order valence-electron chi connectivity index (χ4n) is 3.18. The number of halogens is 2. The molecule has 0 aliphatic carbocycles. The number of rotatable bonds is 4.